The fraction of sp³-hybridized carbons (Fsp3) is 0.160. The maximum absolute atomic E-state index is 11.6. The SMILES string of the molecule is COCCOc1ccc(Nc2ccc3cccc(OCc4ccccc4)c3n2)c([N+](=O)[O-])c1. The standard InChI is InChI=1S/C25H23N3O5/c1-31-14-15-32-20-11-12-21(22(16-20)28(29)30)26-24-13-10-19-8-5-9-23(25(19)27-24)33-17-18-6-3-2-4-7-18/h2-13,16H,14-15,17H2,1H3,(H,26,27). The molecule has 4 aromatic rings. The molecular weight excluding hydrogens is 422 g/mol. The van der Waals surface area contributed by atoms with Crippen molar-refractivity contribution in [1.82, 2.24) is 4.98 Å². The molecule has 33 heavy (non-hydrogen) atoms. The number of ether oxygens (including phenoxy) is 3. The molecule has 0 amide bonds. The van der Waals surface area contributed by atoms with Crippen LogP contribution in [0.5, 0.6) is 11.5 Å². The number of pyridine rings is 1. The van der Waals surface area contributed by atoms with Crippen LogP contribution in [-0.4, -0.2) is 30.2 Å². The summed E-state index contributed by atoms with van der Waals surface area (Å²) >= 11 is 0. The minimum Gasteiger partial charge on any atom is -0.491 e. The number of hydrogen-bond acceptors (Lipinski definition) is 7. The Morgan fingerprint density at radius 3 is 2.58 bits per heavy atom. The summed E-state index contributed by atoms with van der Waals surface area (Å²) in [5, 5.41) is 15.6. The van der Waals surface area contributed by atoms with Gasteiger partial charge in [-0.15, -0.1) is 0 Å². The van der Waals surface area contributed by atoms with Crippen molar-refractivity contribution in [2.75, 3.05) is 25.6 Å². The van der Waals surface area contributed by atoms with Gasteiger partial charge in [0.2, 0.25) is 0 Å². The van der Waals surface area contributed by atoms with Crippen LogP contribution in [0.3, 0.4) is 0 Å². The Hall–Kier alpha value is -4.17. The van der Waals surface area contributed by atoms with Crippen LogP contribution in [0, 0.1) is 10.1 Å². The lowest BCUT2D eigenvalue weighted by Crippen LogP contribution is -2.05. The van der Waals surface area contributed by atoms with Crippen molar-refractivity contribution in [3.63, 3.8) is 0 Å². The van der Waals surface area contributed by atoms with Crippen LogP contribution in [-0.2, 0) is 11.3 Å². The molecule has 0 aliphatic carbocycles. The van der Waals surface area contributed by atoms with Crippen LogP contribution in [0.25, 0.3) is 10.9 Å². The van der Waals surface area contributed by atoms with Crippen molar-refractivity contribution in [3.8, 4) is 11.5 Å². The molecule has 1 heterocycles. The van der Waals surface area contributed by atoms with Gasteiger partial charge in [-0.3, -0.25) is 10.1 Å². The first kappa shape index (κ1) is 22.0. The summed E-state index contributed by atoms with van der Waals surface area (Å²) in [6.45, 7) is 1.11. The third kappa shape index (κ3) is 5.55. The summed E-state index contributed by atoms with van der Waals surface area (Å²) in [4.78, 5) is 15.8. The predicted molar refractivity (Wildman–Crippen MR) is 126 cm³/mol. The molecule has 168 valence electrons. The van der Waals surface area contributed by atoms with E-state index in [1.54, 1.807) is 25.3 Å². The third-order valence-corrected chi connectivity index (χ3v) is 4.91. The van der Waals surface area contributed by atoms with Crippen molar-refractivity contribution in [1.29, 1.82) is 0 Å². The topological polar surface area (TPSA) is 95.8 Å². The fourth-order valence-electron chi connectivity index (χ4n) is 3.28. The lowest BCUT2D eigenvalue weighted by molar-refractivity contribution is -0.384. The summed E-state index contributed by atoms with van der Waals surface area (Å²) in [5.41, 5.74) is 1.92. The van der Waals surface area contributed by atoms with Crippen LogP contribution >= 0.6 is 0 Å². The number of nitrogens with one attached hydrogen (secondary N) is 1. The van der Waals surface area contributed by atoms with Gasteiger partial charge in [0.05, 0.1) is 17.6 Å². The summed E-state index contributed by atoms with van der Waals surface area (Å²) in [7, 11) is 1.56. The Labute approximate surface area is 190 Å². The van der Waals surface area contributed by atoms with Crippen LogP contribution in [0.1, 0.15) is 5.56 Å². The molecule has 0 fully saturated rings. The minimum atomic E-state index is -0.457. The predicted octanol–water partition coefficient (Wildman–Crippen LogP) is 5.49. The number of rotatable bonds is 10. The number of benzene rings is 3. The van der Waals surface area contributed by atoms with Crippen molar-refractivity contribution in [3.05, 3.63) is 94.5 Å². The molecule has 0 unspecified atom stereocenters. The van der Waals surface area contributed by atoms with Crippen molar-refractivity contribution in [2.24, 2.45) is 0 Å². The zero-order valence-corrected chi connectivity index (χ0v) is 18.1. The monoisotopic (exact) mass is 445 g/mol. The largest absolute Gasteiger partial charge is 0.491 e. The zero-order chi connectivity index (χ0) is 23.0. The van der Waals surface area contributed by atoms with Gasteiger partial charge in [0.15, 0.2) is 0 Å². The second kappa shape index (κ2) is 10.4. The van der Waals surface area contributed by atoms with Gasteiger partial charge >= 0.3 is 0 Å². The molecule has 1 N–H and O–H groups in total. The Morgan fingerprint density at radius 2 is 1.79 bits per heavy atom. The Balaban J connectivity index is 1.58. The first-order chi connectivity index (χ1) is 16.1. The Kier molecular flexibility index (Phi) is 6.96. The molecule has 0 radical (unpaired) electrons. The molecule has 0 spiro atoms. The molecule has 1 aromatic heterocycles. The second-order valence-corrected chi connectivity index (χ2v) is 7.20. The highest BCUT2D eigenvalue weighted by atomic mass is 16.6. The second-order valence-electron chi connectivity index (χ2n) is 7.20. The average molecular weight is 445 g/mol. The quantitative estimate of drug-likeness (QED) is 0.196. The summed E-state index contributed by atoms with van der Waals surface area (Å²) < 4.78 is 16.4. The van der Waals surface area contributed by atoms with E-state index in [0.29, 0.717) is 48.3 Å². The smallest absolute Gasteiger partial charge is 0.296 e. The Morgan fingerprint density at radius 1 is 0.939 bits per heavy atom. The van der Waals surface area contributed by atoms with Gasteiger partial charge < -0.3 is 19.5 Å². The molecule has 0 bridgehead atoms. The van der Waals surface area contributed by atoms with E-state index in [0.717, 1.165) is 10.9 Å². The van der Waals surface area contributed by atoms with E-state index in [1.807, 2.05) is 54.6 Å². The van der Waals surface area contributed by atoms with Crippen LogP contribution < -0.4 is 14.8 Å². The molecule has 8 nitrogen and oxygen atoms in total. The van der Waals surface area contributed by atoms with E-state index in [4.69, 9.17) is 14.2 Å². The van der Waals surface area contributed by atoms with Gasteiger partial charge in [-0.2, -0.15) is 0 Å². The number of anilines is 2. The van der Waals surface area contributed by atoms with Crippen LogP contribution in [0.2, 0.25) is 0 Å². The number of methoxy groups -OCH3 is 1. The molecule has 4 rings (SSSR count). The van der Waals surface area contributed by atoms with E-state index in [-0.39, 0.29) is 5.69 Å². The summed E-state index contributed by atoms with van der Waals surface area (Å²) in [6.07, 6.45) is 0. The van der Waals surface area contributed by atoms with Gasteiger partial charge in [-0.1, -0.05) is 42.5 Å². The van der Waals surface area contributed by atoms with Crippen LogP contribution in [0.4, 0.5) is 17.2 Å². The maximum Gasteiger partial charge on any atom is 0.296 e. The number of para-hydroxylation sites is 1. The molecule has 0 aliphatic heterocycles. The van der Waals surface area contributed by atoms with E-state index in [9.17, 15) is 10.1 Å². The number of nitrogens with zero attached hydrogens (tertiary/aromatic N) is 2. The van der Waals surface area contributed by atoms with E-state index in [2.05, 4.69) is 10.3 Å². The molecule has 0 saturated heterocycles. The molecule has 0 atom stereocenters. The van der Waals surface area contributed by atoms with Gasteiger partial charge in [0.25, 0.3) is 5.69 Å². The number of nitro benzene ring substituents is 1. The number of hydrogen-bond donors (Lipinski definition) is 1. The van der Waals surface area contributed by atoms with Crippen LogP contribution in [0.15, 0.2) is 78.9 Å². The molecule has 0 aliphatic rings. The number of nitro groups is 1. The lowest BCUT2D eigenvalue weighted by Gasteiger charge is -2.12. The van der Waals surface area contributed by atoms with Gasteiger partial charge in [0, 0.05) is 12.5 Å². The first-order valence-corrected chi connectivity index (χ1v) is 10.4. The van der Waals surface area contributed by atoms with Crippen molar-refractivity contribution >= 4 is 28.1 Å². The highest BCUT2D eigenvalue weighted by Gasteiger charge is 2.16. The Bertz CT molecular complexity index is 1250. The van der Waals surface area contributed by atoms with Crippen molar-refractivity contribution < 1.29 is 19.1 Å². The third-order valence-electron chi connectivity index (χ3n) is 4.91. The maximum atomic E-state index is 11.6. The number of aromatic nitrogens is 1. The summed E-state index contributed by atoms with van der Waals surface area (Å²) in [6, 6.07) is 23.9. The zero-order valence-electron chi connectivity index (χ0n) is 18.1. The van der Waals surface area contributed by atoms with E-state index in [1.165, 1.54) is 6.07 Å². The normalized spacial score (nSPS) is 10.7. The van der Waals surface area contributed by atoms with Gasteiger partial charge in [0.1, 0.15) is 41.7 Å². The van der Waals surface area contributed by atoms with Crippen molar-refractivity contribution in [2.45, 2.75) is 6.61 Å². The fourth-order valence-corrected chi connectivity index (χ4v) is 3.28. The first-order valence-electron chi connectivity index (χ1n) is 10.4. The molecule has 0 saturated carbocycles. The highest BCUT2D eigenvalue weighted by Crippen LogP contribution is 2.32. The molecule has 3 aromatic carbocycles. The van der Waals surface area contributed by atoms with Gasteiger partial charge in [-0.05, 0) is 35.9 Å². The van der Waals surface area contributed by atoms with E-state index < -0.39 is 4.92 Å². The van der Waals surface area contributed by atoms with Gasteiger partial charge in [-0.25, -0.2) is 4.98 Å². The average Bonchev–Trinajstić information content (AvgIpc) is 2.84. The lowest BCUT2D eigenvalue weighted by atomic mass is 10.2. The molecule has 8 heteroatoms. The highest BCUT2D eigenvalue weighted by molar-refractivity contribution is 5.86. The van der Waals surface area contributed by atoms with E-state index >= 15 is 0 Å². The summed E-state index contributed by atoms with van der Waals surface area (Å²) in [5.74, 6) is 1.50. The number of fused-ring (bicyclic) bond motifs is 1. The minimum absolute atomic E-state index is 0.111. The molecular formula is C25H23N3O5.